The largest absolute Gasteiger partial charge is 0.497 e. The molecule has 0 saturated carbocycles. The first kappa shape index (κ1) is 23.7. The van der Waals surface area contributed by atoms with Crippen LogP contribution in [0, 0.1) is 6.92 Å². The maximum absolute atomic E-state index is 12.6. The van der Waals surface area contributed by atoms with Crippen molar-refractivity contribution in [1.82, 2.24) is 10.6 Å². The minimum atomic E-state index is -0.793. The summed E-state index contributed by atoms with van der Waals surface area (Å²) in [5, 5.41) is 5.44. The molecule has 0 aliphatic heterocycles. The van der Waals surface area contributed by atoms with Gasteiger partial charge in [-0.15, -0.1) is 0 Å². The number of hydrogen-bond acceptors (Lipinski definition) is 5. The maximum Gasteiger partial charge on any atom is 0.307 e. The van der Waals surface area contributed by atoms with E-state index in [9.17, 15) is 14.4 Å². The van der Waals surface area contributed by atoms with Gasteiger partial charge in [0.15, 0.2) is 0 Å². The molecule has 0 aliphatic rings. The number of rotatable bonds is 9. The van der Waals surface area contributed by atoms with Crippen LogP contribution in [0.15, 0.2) is 54.6 Å². The predicted molar refractivity (Wildman–Crippen MR) is 118 cm³/mol. The van der Waals surface area contributed by atoms with Crippen LogP contribution in [0.3, 0.4) is 0 Å². The zero-order chi connectivity index (χ0) is 22.8. The molecule has 2 aromatic rings. The average molecular weight is 424 g/mol. The molecule has 7 nitrogen and oxygen atoms in total. The molecule has 1 unspecified atom stereocenters. The normalized spacial score (nSPS) is 12.6. The smallest absolute Gasteiger partial charge is 0.307 e. The van der Waals surface area contributed by atoms with E-state index in [4.69, 9.17) is 9.47 Å². The van der Waals surface area contributed by atoms with E-state index in [0.717, 1.165) is 22.4 Å². The van der Waals surface area contributed by atoms with E-state index in [0.29, 0.717) is 0 Å². The van der Waals surface area contributed by atoms with E-state index in [2.05, 4.69) is 10.6 Å². The predicted octanol–water partition coefficient (Wildman–Crippen LogP) is 2.94. The Morgan fingerprint density at radius 2 is 1.61 bits per heavy atom. The number of esters is 1. The highest BCUT2D eigenvalue weighted by molar-refractivity contribution is 5.95. The van der Waals surface area contributed by atoms with Crippen LogP contribution in [0.25, 0.3) is 6.08 Å². The Hall–Kier alpha value is -3.61. The van der Waals surface area contributed by atoms with E-state index in [1.807, 2.05) is 43.3 Å². The zero-order valence-corrected chi connectivity index (χ0v) is 18.2. The first-order valence-electron chi connectivity index (χ1n) is 9.88. The fourth-order valence-corrected chi connectivity index (χ4v) is 2.81. The van der Waals surface area contributed by atoms with Gasteiger partial charge in [-0.05, 0) is 43.2 Å². The topological polar surface area (TPSA) is 93.7 Å². The molecule has 0 aromatic heterocycles. The number of ether oxygens (including phenoxy) is 2. The van der Waals surface area contributed by atoms with Crippen molar-refractivity contribution in [2.24, 2.45) is 0 Å². The van der Waals surface area contributed by atoms with E-state index in [-0.39, 0.29) is 6.42 Å². The minimum absolute atomic E-state index is 0.0106. The summed E-state index contributed by atoms with van der Waals surface area (Å²) in [6.07, 6.45) is 2.99. The van der Waals surface area contributed by atoms with E-state index < -0.39 is 29.9 Å². The van der Waals surface area contributed by atoms with Crippen LogP contribution in [0.2, 0.25) is 0 Å². The summed E-state index contributed by atoms with van der Waals surface area (Å²) >= 11 is 0. The highest BCUT2D eigenvalue weighted by Gasteiger charge is 2.22. The molecule has 0 aliphatic carbocycles. The highest BCUT2D eigenvalue weighted by Crippen LogP contribution is 2.18. The van der Waals surface area contributed by atoms with Crippen molar-refractivity contribution in [3.8, 4) is 5.75 Å². The molecule has 0 bridgehead atoms. The molecular formula is C24H28N2O5. The van der Waals surface area contributed by atoms with Gasteiger partial charge in [0, 0.05) is 6.08 Å². The molecule has 0 fully saturated rings. The molecule has 2 atom stereocenters. The third-order valence-electron chi connectivity index (χ3n) is 4.69. The molecule has 2 N–H and O–H groups in total. The van der Waals surface area contributed by atoms with E-state index in [1.165, 1.54) is 13.2 Å². The summed E-state index contributed by atoms with van der Waals surface area (Å²) in [6.45, 7) is 3.54. The molecular weight excluding hydrogens is 396 g/mol. The Bertz CT molecular complexity index is 920. The Labute approximate surface area is 182 Å². The van der Waals surface area contributed by atoms with Gasteiger partial charge in [-0.1, -0.05) is 42.0 Å². The van der Waals surface area contributed by atoms with Crippen molar-refractivity contribution < 1.29 is 23.9 Å². The lowest BCUT2D eigenvalue weighted by Gasteiger charge is -2.21. The van der Waals surface area contributed by atoms with Crippen LogP contribution in [-0.2, 0) is 19.1 Å². The summed E-state index contributed by atoms with van der Waals surface area (Å²) in [7, 11) is 2.88. The van der Waals surface area contributed by atoms with Gasteiger partial charge in [0.05, 0.1) is 26.7 Å². The summed E-state index contributed by atoms with van der Waals surface area (Å²) in [5.41, 5.74) is 2.67. The van der Waals surface area contributed by atoms with Crippen molar-refractivity contribution in [2.75, 3.05) is 14.2 Å². The van der Waals surface area contributed by atoms with Crippen LogP contribution in [-0.4, -0.2) is 38.0 Å². The quantitative estimate of drug-likeness (QED) is 0.477. The molecule has 2 amide bonds. The van der Waals surface area contributed by atoms with Gasteiger partial charge in [0.1, 0.15) is 11.8 Å². The van der Waals surface area contributed by atoms with Crippen molar-refractivity contribution in [3.63, 3.8) is 0 Å². The van der Waals surface area contributed by atoms with Crippen LogP contribution in [0.1, 0.15) is 36.1 Å². The van der Waals surface area contributed by atoms with Gasteiger partial charge in [0.2, 0.25) is 11.8 Å². The Morgan fingerprint density at radius 1 is 0.968 bits per heavy atom. The first-order chi connectivity index (χ1) is 14.8. The molecule has 0 heterocycles. The lowest BCUT2D eigenvalue weighted by Crippen LogP contribution is -2.45. The second-order valence-electron chi connectivity index (χ2n) is 7.09. The molecule has 2 aromatic carbocycles. The molecule has 7 heteroatoms. The number of methoxy groups -OCH3 is 2. The molecule has 2 rings (SSSR count). The third-order valence-corrected chi connectivity index (χ3v) is 4.69. The van der Waals surface area contributed by atoms with Crippen LogP contribution in [0.4, 0.5) is 0 Å². The number of benzene rings is 2. The van der Waals surface area contributed by atoms with Crippen LogP contribution in [0.5, 0.6) is 5.75 Å². The number of nitrogens with one attached hydrogen (secondary N) is 2. The summed E-state index contributed by atoms with van der Waals surface area (Å²) in [6, 6.07) is 13.4. The molecule has 31 heavy (non-hydrogen) atoms. The maximum atomic E-state index is 12.6. The van der Waals surface area contributed by atoms with Crippen molar-refractivity contribution in [2.45, 2.75) is 32.4 Å². The minimum Gasteiger partial charge on any atom is -0.497 e. The lowest BCUT2D eigenvalue weighted by atomic mass is 10.0. The number of hydrogen-bond donors (Lipinski definition) is 2. The third kappa shape index (κ3) is 7.62. The van der Waals surface area contributed by atoms with Gasteiger partial charge in [-0.25, -0.2) is 0 Å². The van der Waals surface area contributed by atoms with Crippen molar-refractivity contribution in [3.05, 3.63) is 71.3 Å². The monoisotopic (exact) mass is 424 g/mol. The summed E-state index contributed by atoms with van der Waals surface area (Å²) in [4.78, 5) is 36.6. The van der Waals surface area contributed by atoms with Gasteiger partial charge >= 0.3 is 5.97 Å². The second-order valence-corrected chi connectivity index (χ2v) is 7.09. The SMILES string of the molecule is COC(=O)CC(NC(=O)[C@H](C)NC(=O)/C=C/c1ccc(OC)cc1)c1ccc(C)cc1. The Balaban J connectivity index is 1.98. The fraction of sp³-hybridized carbons (Fsp3) is 0.292. The average Bonchev–Trinajstić information content (AvgIpc) is 2.77. The lowest BCUT2D eigenvalue weighted by molar-refractivity contribution is -0.141. The van der Waals surface area contributed by atoms with Gasteiger partial charge in [-0.3, -0.25) is 14.4 Å². The number of carbonyl (C=O) groups is 3. The second kappa shape index (κ2) is 11.5. The van der Waals surface area contributed by atoms with E-state index >= 15 is 0 Å². The molecule has 0 saturated heterocycles. The van der Waals surface area contributed by atoms with Crippen molar-refractivity contribution in [1.29, 1.82) is 0 Å². The standard InChI is InChI=1S/C24H28N2O5/c1-16-5-10-19(11-6-16)21(15-23(28)31-4)26-24(29)17(2)25-22(27)14-9-18-7-12-20(30-3)13-8-18/h5-14,17,21H,15H2,1-4H3,(H,25,27)(H,26,29)/b14-9+/t17-,21?/m0/s1. The van der Waals surface area contributed by atoms with E-state index in [1.54, 1.807) is 32.2 Å². The van der Waals surface area contributed by atoms with Crippen molar-refractivity contribution >= 4 is 23.9 Å². The highest BCUT2D eigenvalue weighted by atomic mass is 16.5. The summed E-state index contributed by atoms with van der Waals surface area (Å²) in [5.74, 6) is -0.522. The van der Waals surface area contributed by atoms with Crippen LogP contribution < -0.4 is 15.4 Å². The van der Waals surface area contributed by atoms with Gasteiger partial charge < -0.3 is 20.1 Å². The fourth-order valence-electron chi connectivity index (χ4n) is 2.81. The molecule has 0 spiro atoms. The zero-order valence-electron chi connectivity index (χ0n) is 18.2. The number of amides is 2. The first-order valence-corrected chi connectivity index (χ1v) is 9.88. The Kier molecular flexibility index (Phi) is 8.81. The summed E-state index contributed by atoms with van der Waals surface area (Å²) < 4.78 is 9.84. The number of carbonyl (C=O) groups excluding carboxylic acids is 3. The number of aryl methyl sites for hydroxylation is 1. The molecule has 0 radical (unpaired) electrons. The Morgan fingerprint density at radius 3 is 2.19 bits per heavy atom. The van der Waals surface area contributed by atoms with Crippen LogP contribution >= 0.6 is 0 Å². The van der Waals surface area contributed by atoms with Gasteiger partial charge in [0.25, 0.3) is 0 Å². The van der Waals surface area contributed by atoms with Gasteiger partial charge in [-0.2, -0.15) is 0 Å². The molecule has 164 valence electrons.